The van der Waals surface area contributed by atoms with Crippen LogP contribution in [0.1, 0.15) is 30.1 Å². The molecule has 0 saturated heterocycles. The summed E-state index contributed by atoms with van der Waals surface area (Å²) < 4.78 is 5.11. The van der Waals surface area contributed by atoms with Crippen LogP contribution in [0, 0.1) is 0 Å². The molecule has 100 valence electrons. The van der Waals surface area contributed by atoms with Crippen molar-refractivity contribution in [1.82, 2.24) is 0 Å². The van der Waals surface area contributed by atoms with E-state index in [1.807, 2.05) is 30.3 Å². The van der Waals surface area contributed by atoms with E-state index < -0.39 is 6.10 Å². The van der Waals surface area contributed by atoms with Crippen LogP contribution in [0.25, 0.3) is 0 Å². The van der Waals surface area contributed by atoms with Crippen LogP contribution < -0.4 is 4.74 Å². The lowest BCUT2D eigenvalue weighted by atomic mass is 10.0. The van der Waals surface area contributed by atoms with Crippen molar-refractivity contribution in [2.45, 2.75) is 25.4 Å². The molecule has 1 N–H and O–H groups in total. The van der Waals surface area contributed by atoms with Gasteiger partial charge in [-0.05, 0) is 42.5 Å². The predicted molar refractivity (Wildman–Crippen MR) is 77.3 cm³/mol. The van der Waals surface area contributed by atoms with E-state index in [2.05, 4.69) is 24.3 Å². The molecule has 2 heteroatoms. The summed E-state index contributed by atoms with van der Waals surface area (Å²) in [5.41, 5.74) is 2.28. The highest BCUT2D eigenvalue weighted by atomic mass is 16.5. The van der Waals surface area contributed by atoms with E-state index in [9.17, 15) is 5.11 Å². The molecule has 0 spiro atoms. The van der Waals surface area contributed by atoms with Gasteiger partial charge < -0.3 is 9.84 Å². The molecular formula is C17H20O2. The van der Waals surface area contributed by atoms with Crippen molar-refractivity contribution in [2.75, 3.05) is 7.11 Å². The molecule has 1 unspecified atom stereocenters. The van der Waals surface area contributed by atoms with E-state index in [4.69, 9.17) is 4.74 Å². The van der Waals surface area contributed by atoms with Gasteiger partial charge >= 0.3 is 0 Å². The zero-order valence-corrected chi connectivity index (χ0v) is 11.3. The van der Waals surface area contributed by atoms with Gasteiger partial charge in [-0.3, -0.25) is 0 Å². The molecule has 0 bridgehead atoms. The maximum absolute atomic E-state index is 10.1. The Bertz CT molecular complexity index is 476. The summed E-state index contributed by atoms with van der Waals surface area (Å²) >= 11 is 0. The summed E-state index contributed by atoms with van der Waals surface area (Å²) in [5, 5.41) is 10.1. The molecule has 2 aromatic carbocycles. The average molecular weight is 256 g/mol. The SMILES string of the molecule is COc1ccc(C(O)CCCc2ccccc2)cc1. The van der Waals surface area contributed by atoms with Gasteiger partial charge in [-0.1, -0.05) is 42.5 Å². The molecule has 19 heavy (non-hydrogen) atoms. The number of rotatable bonds is 6. The van der Waals surface area contributed by atoms with Gasteiger partial charge in [0.1, 0.15) is 5.75 Å². The maximum Gasteiger partial charge on any atom is 0.118 e. The Kier molecular flexibility index (Phi) is 4.99. The summed E-state index contributed by atoms with van der Waals surface area (Å²) in [4.78, 5) is 0. The summed E-state index contributed by atoms with van der Waals surface area (Å²) in [6.45, 7) is 0. The molecule has 0 heterocycles. The van der Waals surface area contributed by atoms with Gasteiger partial charge in [0.15, 0.2) is 0 Å². The molecule has 0 aliphatic carbocycles. The third-order valence-corrected chi connectivity index (χ3v) is 3.29. The molecule has 0 fully saturated rings. The Morgan fingerprint density at radius 2 is 1.68 bits per heavy atom. The third-order valence-electron chi connectivity index (χ3n) is 3.29. The van der Waals surface area contributed by atoms with Crippen molar-refractivity contribution in [2.24, 2.45) is 0 Å². The van der Waals surface area contributed by atoms with E-state index >= 15 is 0 Å². The van der Waals surface area contributed by atoms with Crippen LogP contribution in [0.4, 0.5) is 0 Å². The van der Waals surface area contributed by atoms with Crippen LogP contribution >= 0.6 is 0 Å². The highest BCUT2D eigenvalue weighted by Gasteiger charge is 2.07. The van der Waals surface area contributed by atoms with E-state index in [0.29, 0.717) is 0 Å². The van der Waals surface area contributed by atoms with E-state index in [-0.39, 0.29) is 0 Å². The molecule has 0 amide bonds. The molecule has 2 rings (SSSR count). The first-order chi connectivity index (χ1) is 9.29. The Labute approximate surface area is 114 Å². The maximum atomic E-state index is 10.1. The zero-order chi connectivity index (χ0) is 13.5. The molecule has 2 nitrogen and oxygen atoms in total. The molecule has 0 aromatic heterocycles. The second-order valence-electron chi connectivity index (χ2n) is 4.67. The number of methoxy groups -OCH3 is 1. The fraction of sp³-hybridized carbons (Fsp3) is 0.294. The first-order valence-corrected chi connectivity index (χ1v) is 6.65. The number of hydrogen-bond donors (Lipinski definition) is 1. The number of aliphatic hydroxyl groups is 1. The summed E-state index contributed by atoms with van der Waals surface area (Å²) in [7, 11) is 1.64. The van der Waals surface area contributed by atoms with Gasteiger partial charge in [0.2, 0.25) is 0 Å². The highest BCUT2D eigenvalue weighted by molar-refractivity contribution is 5.28. The quantitative estimate of drug-likeness (QED) is 0.853. The normalized spacial score (nSPS) is 12.1. The summed E-state index contributed by atoms with van der Waals surface area (Å²) in [6.07, 6.45) is 2.38. The Balaban J connectivity index is 1.82. The van der Waals surface area contributed by atoms with Gasteiger partial charge in [0.25, 0.3) is 0 Å². The van der Waals surface area contributed by atoms with E-state index in [1.54, 1.807) is 7.11 Å². The summed E-state index contributed by atoms with van der Waals surface area (Å²) in [6, 6.07) is 18.0. The van der Waals surface area contributed by atoms with Gasteiger partial charge in [-0.15, -0.1) is 0 Å². The first kappa shape index (κ1) is 13.6. The molecule has 2 aromatic rings. The minimum atomic E-state index is -0.394. The van der Waals surface area contributed by atoms with E-state index in [1.165, 1.54) is 5.56 Å². The standard InChI is InChI=1S/C17H20O2/c1-19-16-12-10-15(11-13-16)17(18)9-5-8-14-6-3-2-4-7-14/h2-4,6-7,10-13,17-18H,5,8-9H2,1H3. The van der Waals surface area contributed by atoms with Crippen LogP contribution in [0.15, 0.2) is 54.6 Å². The fourth-order valence-electron chi connectivity index (χ4n) is 2.14. The lowest BCUT2D eigenvalue weighted by Crippen LogP contribution is -1.98. The minimum Gasteiger partial charge on any atom is -0.497 e. The second kappa shape index (κ2) is 6.95. The lowest BCUT2D eigenvalue weighted by molar-refractivity contribution is 0.164. The van der Waals surface area contributed by atoms with Crippen LogP contribution in [0.2, 0.25) is 0 Å². The zero-order valence-electron chi connectivity index (χ0n) is 11.3. The Morgan fingerprint density at radius 3 is 2.32 bits per heavy atom. The molecule has 0 saturated carbocycles. The number of ether oxygens (including phenoxy) is 1. The minimum absolute atomic E-state index is 0.394. The number of benzene rings is 2. The van der Waals surface area contributed by atoms with Gasteiger partial charge in [0, 0.05) is 0 Å². The van der Waals surface area contributed by atoms with Crippen LogP contribution in [0.3, 0.4) is 0 Å². The number of aliphatic hydroxyl groups excluding tert-OH is 1. The van der Waals surface area contributed by atoms with Crippen molar-refractivity contribution in [3.63, 3.8) is 0 Å². The van der Waals surface area contributed by atoms with Crippen molar-refractivity contribution in [1.29, 1.82) is 0 Å². The number of hydrogen-bond acceptors (Lipinski definition) is 2. The molecule has 0 radical (unpaired) electrons. The van der Waals surface area contributed by atoms with Crippen molar-refractivity contribution < 1.29 is 9.84 Å². The number of aryl methyl sites for hydroxylation is 1. The van der Waals surface area contributed by atoms with Crippen molar-refractivity contribution in [3.8, 4) is 5.75 Å². The van der Waals surface area contributed by atoms with Crippen LogP contribution in [-0.4, -0.2) is 12.2 Å². The molecule has 0 aliphatic heterocycles. The largest absolute Gasteiger partial charge is 0.497 e. The molecular weight excluding hydrogens is 236 g/mol. The van der Waals surface area contributed by atoms with E-state index in [0.717, 1.165) is 30.6 Å². The first-order valence-electron chi connectivity index (χ1n) is 6.65. The van der Waals surface area contributed by atoms with Gasteiger partial charge in [0.05, 0.1) is 13.2 Å². The third kappa shape index (κ3) is 4.11. The van der Waals surface area contributed by atoms with Crippen LogP contribution in [0.5, 0.6) is 5.75 Å². The fourth-order valence-corrected chi connectivity index (χ4v) is 2.14. The van der Waals surface area contributed by atoms with Crippen LogP contribution in [-0.2, 0) is 6.42 Å². The van der Waals surface area contributed by atoms with Gasteiger partial charge in [-0.25, -0.2) is 0 Å². The Hall–Kier alpha value is -1.80. The van der Waals surface area contributed by atoms with Crippen molar-refractivity contribution in [3.05, 3.63) is 65.7 Å². The Morgan fingerprint density at radius 1 is 1.00 bits per heavy atom. The smallest absolute Gasteiger partial charge is 0.118 e. The summed E-state index contributed by atoms with van der Waals surface area (Å²) in [5.74, 6) is 0.820. The highest BCUT2D eigenvalue weighted by Crippen LogP contribution is 2.22. The monoisotopic (exact) mass is 256 g/mol. The van der Waals surface area contributed by atoms with Gasteiger partial charge in [-0.2, -0.15) is 0 Å². The second-order valence-corrected chi connectivity index (χ2v) is 4.67. The topological polar surface area (TPSA) is 29.5 Å². The predicted octanol–water partition coefficient (Wildman–Crippen LogP) is 3.75. The molecule has 0 aliphatic rings. The molecule has 1 atom stereocenters. The van der Waals surface area contributed by atoms with Crippen molar-refractivity contribution >= 4 is 0 Å². The lowest BCUT2D eigenvalue weighted by Gasteiger charge is -2.11. The average Bonchev–Trinajstić information content (AvgIpc) is 2.48.